The standard InChI is InChI=1S/C11H27N2O/c1-6-13(7-2,10-11-14-5)9-8-12(3)4/h6-11H2,1-5H3/q+1. The maximum absolute atomic E-state index is 5.18. The Hall–Kier alpha value is -0.120. The first kappa shape index (κ1) is 13.9. The van der Waals surface area contributed by atoms with Gasteiger partial charge >= 0.3 is 0 Å². The predicted octanol–water partition coefficient (Wildman–Crippen LogP) is 1.05. The highest BCUT2D eigenvalue weighted by molar-refractivity contribution is 4.46. The van der Waals surface area contributed by atoms with Crippen molar-refractivity contribution in [1.82, 2.24) is 4.90 Å². The molecule has 0 amide bonds. The SMILES string of the molecule is CC[N+](CC)(CCOC)CCN(C)C. The van der Waals surface area contributed by atoms with Gasteiger partial charge in [-0.1, -0.05) is 0 Å². The van der Waals surface area contributed by atoms with Crippen molar-refractivity contribution in [2.24, 2.45) is 0 Å². The Kier molecular flexibility index (Phi) is 7.15. The predicted molar refractivity (Wildman–Crippen MR) is 61.5 cm³/mol. The molecular formula is C11H27N2O+. The van der Waals surface area contributed by atoms with Gasteiger partial charge in [0.15, 0.2) is 0 Å². The first-order chi connectivity index (χ1) is 6.60. The molecule has 3 heteroatoms. The third kappa shape index (κ3) is 4.94. The summed E-state index contributed by atoms with van der Waals surface area (Å²) in [6.45, 7) is 11.3. The Morgan fingerprint density at radius 2 is 1.64 bits per heavy atom. The molecule has 0 fully saturated rings. The summed E-state index contributed by atoms with van der Waals surface area (Å²) in [5, 5.41) is 0. The first-order valence-electron chi connectivity index (χ1n) is 5.59. The Morgan fingerprint density at radius 1 is 1.07 bits per heavy atom. The van der Waals surface area contributed by atoms with Gasteiger partial charge in [0.1, 0.15) is 6.54 Å². The second-order valence-electron chi connectivity index (χ2n) is 4.22. The zero-order chi connectivity index (χ0) is 11.0. The zero-order valence-electron chi connectivity index (χ0n) is 10.5. The Morgan fingerprint density at radius 3 is 2.00 bits per heavy atom. The number of ether oxygens (including phenoxy) is 1. The molecule has 0 spiro atoms. The van der Waals surface area contributed by atoms with E-state index in [9.17, 15) is 0 Å². The zero-order valence-corrected chi connectivity index (χ0v) is 10.5. The van der Waals surface area contributed by atoms with Gasteiger partial charge in [-0.25, -0.2) is 0 Å². The molecule has 0 aromatic heterocycles. The highest BCUT2D eigenvalue weighted by Crippen LogP contribution is 2.05. The Labute approximate surface area is 89.2 Å². The third-order valence-corrected chi connectivity index (χ3v) is 3.13. The van der Waals surface area contributed by atoms with Crippen LogP contribution in [0.5, 0.6) is 0 Å². The van der Waals surface area contributed by atoms with Gasteiger partial charge in [0, 0.05) is 13.7 Å². The van der Waals surface area contributed by atoms with Gasteiger partial charge in [-0.05, 0) is 27.9 Å². The van der Waals surface area contributed by atoms with Crippen LogP contribution in [0.2, 0.25) is 0 Å². The van der Waals surface area contributed by atoms with Crippen LogP contribution in [0.15, 0.2) is 0 Å². The van der Waals surface area contributed by atoms with Gasteiger partial charge in [0.05, 0.1) is 26.2 Å². The summed E-state index contributed by atoms with van der Waals surface area (Å²) in [6, 6.07) is 0. The molecule has 14 heavy (non-hydrogen) atoms. The lowest BCUT2D eigenvalue weighted by Crippen LogP contribution is -2.52. The minimum Gasteiger partial charge on any atom is -0.379 e. The van der Waals surface area contributed by atoms with E-state index in [2.05, 4.69) is 32.8 Å². The van der Waals surface area contributed by atoms with Crippen LogP contribution in [-0.4, -0.2) is 69.9 Å². The van der Waals surface area contributed by atoms with Crippen molar-refractivity contribution >= 4 is 0 Å². The highest BCUT2D eigenvalue weighted by atomic mass is 16.5. The molecule has 0 aliphatic rings. The minimum absolute atomic E-state index is 0.870. The quantitative estimate of drug-likeness (QED) is 0.547. The number of likely N-dealkylation sites (N-methyl/N-ethyl adjacent to an activating group) is 2. The summed E-state index contributed by atoms with van der Waals surface area (Å²) in [5.74, 6) is 0. The van der Waals surface area contributed by atoms with Crippen molar-refractivity contribution in [3.63, 3.8) is 0 Å². The largest absolute Gasteiger partial charge is 0.379 e. The molecule has 0 aromatic rings. The molecular weight excluding hydrogens is 176 g/mol. The fraction of sp³-hybridized carbons (Fsp3) is 1.00. The van der Waals surface area contributed by atoms with Crippen molar-refractivity contribution in [2.45, 2.75) is 13.8 Å². The maximum Gasteiger partial charge on any atom is 0.102 e. The van der Waals surface area contributed by atoms with Crippen LogP contribution in [0.1, 0.15) is 13.8 Å². The van der Waals surface area contributed by atoms with Crippen LogP contribution in [0, 0.1) is 0 Å². The number of hydrogen-bond donors (Lipinski definition) is 0. The van der Waals surface area contributed by atoms with Gasteiger partial charge in [-0.2, -0.15) is 0 Å². The van der Waals surface area contributed by atoms with Crippen molar-refractivity contribution in [1.29, 1.82) is 0 Å². The Bertz CT molecular complexity index is 133. The molecule has 0 N–H and O–H groups in total. The van der Waals surface area contributed by atoms with Gasteiger partial charge in [-0.3, -0.25) is 0 Å². The summed E-state index contributed by atoms with van der Waals surface area (Å²) in [6.07, 6.45) is 0. The van der Waals surface area contributed by atoms with Gasteiger partial charge < -0.3 is 14.1 Å². The van der Waals surface area contributed by atoms with Crippen LogP contribution in [0.3, 0.4) is 0 Å². The van der Waals surface area contributed by atoms with Crippen molar-refractivity contribution in [2.75, 3.05) is 60.5 Å². The molecule has 0 rings (SSSR count). The molecule has 0 aromatic carbocycles. The monoisotopic (exact) mass is 203 g/mol. The summed E-state index contributed by atoms with van der Waals surface area (Å²) in [7, 11) is 6.05. The summed E-state index contributed by atoms with van der Waals surface area (Å²) < 4.78 is 6.35. The minimum atomic E-state index is 0.870. The number of quaternary nitrogens is 1. The van der Waals surface area contributed by atoms with E-state index >= 15 is 0 Å². The van der Waals surface area contributed by atoms with Crippen molar-refractivity contribution < 1.29 is 9.22 Å². The molecule has 3 nitrogen and oxygen atoms in total. The highest BCUT2D eigenvalue weighted by Gasteiger charge is 2.22. The van der Waals surface area contributed by atoms with E-state index in [1.54, 1.807) is 7.11 Å². The van der Waals surface area contributed by atoms with E-state index in [0.717, 1.165) is 19.7 Å². The molecule has 0 bridgehead atoms. The molecule has 0 unspecified atom stereocenters. The summed E-state index contributed by atoms with van der Waals surface area (Å²) in [4.78, 5) is 2.26. The van der Waals surface area contributed by atoms with E-state index in [1.807, 2.05) is 0 Å². The first-order valence-corrected chi connectivity index (χ1v) is 5.59. The van der Waals surface area contributed by atoms with Gasteiger partial charge in [0.25, 0.3) is 0 Å². The van der Waals surface area contributed by atoms with Crippen LogP contribution in [-0.2, 0) is 4.74 Å². The fourth-order valence-electron chi connectivity index (χ4n) is 1.66. The molecule has 86 valence electrons. The normalized spacial score (nSPS) is 12.4. The summed E-state index contributed by atoms with van der Waals surface area (Å²) in [5.41, 5.74) is 0. The number of rotatable bonds is 8. The molecule has 0 saturated carbocycles. The van der Waals surface area contributed by atoms with Crippen LogP contribution < -0.4 is 0 Å². The topological polar surface area (TPSA) is 12.5 Å². The molecule has 0 heterocycles. The van der Waals surface area contributed by atoms with Gasteiger partial charge in [-0.15, -0.1) is 0 Å². The second kappa shape index (κ2) is 7.21. The molecule has 0 atom stereocenters. The second-order valence-corrected chi connectivity index (χ2v) is 4.22. The van der Waals surface area contributed by atoms with Crippen LogP contribution in [0.25, 0.3) is 0 Å². The third-order valence-electron chi connectivity index (χ3n) is 3.13. The average Bonchev–Trinajstić information content (AvgIpc) is 2.19. The fourth-order valence-corrected chi connectivity index (χ4v) is 1.66. The van der Waals surface area contributed by atoms with Crippen LogP contribution in [0.4, 0.5) is 0 Å². The van der Waals surface area contributed by atoms with E-state index in [0.29, 0.717) is 0 Å². The molecule has 0 aliphatic heterocycles. The number of nitrogens with zero attached hydrogens (tertiary/aromatic N) is 2. The van der Waals surface area contributed by atoms with E-state index in [1.165, 1.54) is 24.1 Å². The van der Waals surface area contributed by atoms with E-state index < -0.39 is 0 Å². The number of hydrogen-bond acceptors (Lipinski definition) is 2. The lowest BCUT2D eigenvalue weighted by Gasteiger charge is -2.37. The smallest absolute Gasteiger partial charge is 0.102 e. The van der Waals surface area contributed by atoms with E-state index in [4.69, 9.17) is 4.74 Å². The van der Waals surface area contributed by atoms with Crippen LogP contribution >= 0.6 is 0 Å². The summed E-state index contributed by atoms with van der Waals surface area (Å²) >= 11 is 0. The molecule has 0 aliphatic carbocycles. The maximum atomic E-state index is 5.18. The number of methoxy groups -OCH3 is 1. The molecule has 0 saturated heterocycles. The van der Waals surface area contributed by atoms with Crippen molar-refractivity contribution in [3.8, 4) is 0 Å². The van der Waals surface area contributed by atoms with Gasteiger partial charge in [0.2, 0.25) is 0 Å². The lowest BCUT2D eigenvalue weighted by atomic mass is 10.3. The van der Waals surface area contributed by atoms with E-state index in [-0.39, 0.29) is 0 Å². The average molecular weight is 203 g/mol. The lowest BCUT2D eigenvalue weighted by molar-refractivity contribution is -0.924. The Balaban J connectivity index is 4.07. The van der Waals surface area contributed by atoms with Crippen molar-refractivity contribution in [3.05, 3.63) is 0 Å². The molecule has 0 radical (unpaired) electrons.